The van der Waals surface area contributed by atoms with Crippen molar-refractivity contribution in [3.8, 4) is 0 Å². The molecule has 2 heterocycles. The zero-order valence-electron chi connectivity index (χ0n) is 13.1. The van der Waals surface area contributed by atoms with Crippen LogP contribution in [0.4, 0.5) is 0 Å². The van der Waals surface area contributed by atoms with Crippen LogP contribution in [0, 0.1) is 17.8 Å². The van der Waals surface area contributed by atoms with Crippen LogP contribution in [0.3, 0.4) is 0 Å². The summed E-state index contributed by atoms with van der Waals surface area (Å²) in [4.78, 5) is 5.07. The summed E-state index contributed by atoms with van der Waals surface area (Å²) in [5.74, 6) is 5.20. The van der Waals surface area contributed by atoms with E-state index in [4.69, 9.17) is 4.98 Å². The Hall–Kier alpha value is -0.830. The van der Waals surface area contributed by atoms with Crippen LogP contribution in [0.15, 0.2) is 0 Å². The highest BCUT2D eigenvalue weighted by atomic mass is 15.2. The van der Waals surface area contributed by atoms with Gasteiger partial charge in [-0.3, -0.25) is 0 Å². The standard InChI is InChI=1S/C18H27N3/c1-11(15-9-12-2-3-14(15)8-12)21-17-6-7-19-10-16(17)20-18(21)13-4-5-13/h11-15,19H,2-10H2,1H3. The quantitative estimate of drug-likeness (QED) is 0.922. The van der Waals surface area contributed by atoms with Crippen LogP contribution in [0.1, 0.15) is 74.6 Å². The smallest absolute Gasteiger partial charge is 0.112 e. The van der Waals surface area contributed by atoms with Gasteiger partial charge in [0, 0.05) is 37.2 Å². The van der Waals surface area contributed by atoms with Crippen molar-refractivity contribution in [2.24, 2.45) is 17.8 Å². The lowest BCUT2D eigenvalue weighted by Gasteiger charge is -2.32. The van der Waals surface area contributed by atoms with E-state index in [1.54, 1.807) is 5.69 Å². The molecule has 0 aromatic carbocycles. The van der Waals surface area contributed by atoms with Crippen molar-refractivity contribution in [3.05, 3.63) is 17.2 Å². The predicted molar refractivity (Wildman–Crippen MR) is 83.3 cm³/mol. The van der Waals surface area contributed by atoms with E-state index in [0.717, 1.165) is 36.8 Å². The van der Waals surface area contributed by atoms with Crippen LogP contribution in [-0.2, 0) is 13.0 Å². The van der Waals surface area contributed by atoms with E-state index in [2.05, 4.69) is 16.8 Å². The fraction of sp³-hybridized carbons (Fsp3) is 0.833. The Bertz CT molecular complexity index is 557. The van der Waals surface area contributed by atoms with Crippen molar-refractivity contribution < 1.29 is 0 Å². The van der Waals surface area contributed by atoms with Gasteiger partial charge in [0.05, 0.1) is 5.69 Å². The third-order valence-corrected chi connectivity index (χ3v) is 6.71. The van der Waals surface area contributed by atoms with E-state index in [1.165, 1.54) is 56.5 Å². The molecule has 2 bridgehead atoms. The van der Waals surface area contributed by atoms with Gasteiger partial charge in [-0.1, -0.05) is 6.42 Å². The fourth-order valence-electron chi connectivity index (χ4n) is 5.51. The Kier molecular flexibility index (Phi) is 2.77. The van der Waals surface area contributed by atoms with Crippen molar-refractivity contribution in [3.63, 3.8) is 0 Å². The third kappa shape index (κ3) is 1.93. The first-order chi connectivity index (χ1) is 10.3. The number of hydrogen-bond acceptors (Lipinski definition) is 2. The maximum atomic E-state index is 5.07. The van der Waals surface area contributed by atoms with Gasteiger partial charge in [-0.05, 0) is 56.8 Å². The summed E-state index contributed by atoms with van der Waals surface area (Å²) in [7, 11) is 0. The molecule has 1 aromatic heterocycles. The highest BCUT2D eigenvalue weighted by Crippen LogP contribution is 2.53. The van der Waals surface area contributed by atoms with Gasteiger partial charge in [0.25, 0.3) is 0 Å². The summed E-state index contributed by atoms with van der Waals surface area (Å²) in [5.41, 5.74) is 2.93. The first-order valence-electron chi connectivity index (χ1n) is 9.12. The van der Waals surface area contributed by atoms with Gasteiger partial charge in [0.2, 0.25) is 0 Å². The Labute approximate surface area is 127 Å². The van der Waals surface area contributed by atoms with Crippen molar-refractivity contribution in [1.29, 1.82) is 0 Å². The average molecular weight is 285 g/mol. The largest absolute Gasteiger partial charge is 0.328 e. The molecule has 4 atom stereocenters. The lowest BCUT2D eigenvalue weighted by molar-refractivity contribution is 0.235. The molecule has 3 aliphatic carbocycles. The van der Waals surface area contributed by atoms with Crippen molar-refractivity contribution in [2.75, 3.05) is 6.54 Å². The number of aromatic nitrogens is 2. The molecule has 0 amide bonds. The molecular formula is C18H27N3. The maximum absolute atomic E-state index is 5.07. The Morgan fingerprint density at radius 3 is 2.81 bits per heavy atom. The molecule has 1 aromatic rings. The van der Waals surface area contributed by atoms with Crippen LogP contribution in [0.2, 0.25) is 0 Å². The highest BCUT2D eigenvalue weighted by Gasteiger charge is 2.44. The Morgan fingerprint density at radius 1 is 1.19 bits per heavy atom. The molecule has 114 valence electrons. The summed E-state index contributed by atoms with van der Waals surface area (Å²) < 4.78 is 2.72. The van der Waals surface area contributed by atoms with Gasteiger partial charge in [0.15, 0.2) is 0 Å². The lowest BCUT2D eigenvalue weighted by Crippen LogP contribution is -2.28. The Morgan fingerprint density at radius 2 is 2.10 bits per heavy atom. The monoisotopic (exact) mass is 285 g/mol. The second-order valence-corrected chi connectivity index (χ2v) is 8.01. The van der Waals surface area contributed by atoms with E-state index in [-0.39, 0.29) is 0 Å². The first-order valence-corrected chi connectivity index (χ1v) is 9.12. The van der Waals surface area contributed by atoms with Crippen LogP contribution >= 0.6 is 0 Å². The number of imidazole rings is 1. The minimum atomic E-state index is 0.685. The molecular weight excluding hydrogens is 258 g/mol. The highest BCUT2D eigenvalue weighted by molar-refractivity contribution is 5.25. The van der Waals surface area contributed by atoms with E-state index in [1.807, 2.05) is 0 Å². The van der Waals surface area contributed by atoms with Crippen LogP contribution in [0.5, 0.6) is 0 Å². The number of rotatable bonds is 3. The Balaban J connectivity index is 1.53. The molecule has 21 heavy (non-hydrogen) atoms. The lowest BCUT2D eigenvalue weighted by atomic mass is 9.83. The number of hydrogen-bond donors (Lipinski definition) is 1. The van der Waals surface area contributed by atoms with E-state index in [0.29, 0.717) is 6.04 Å². The van der Waals surface area contributed by atoms with Gasteiger partial charge >= 0.3 is 0 Å². The molecule has 3 nitrogen and oxygen atoms in total. The van der Waals surface area contributed by atoms with Gasteiger partial charge in [0.1, 0.15) is 5.82 Å². The molecule has 5 rings (SSSR count). The molecule has 4 unspecified atom stereocenters. The molecule has 0 spiro atoms. The van der Waals surface area contributed by atoms with Gasteiger partial charge in [-0.25, -0.2) is 4.98 Å². The zero-order valence-corrected chi connectivity index (χ0v) is 13.1. The normalized spacial score (nSPS) is 36.0. The molecule has 1 N–H and O–H groups in total. The average Bonchev–Trinajstić information content (AvgIpc) is 2.98. The summed E-state index contributed by atoms with van der Waals surface area (Å²) in [5, 5.41) is 3.50. The topological polar surface area (TPSA) is 29.9 Å². The number of fused-ring (bicyclic) bond motifs is 3. The van der Waals surface area contributed by atoms with Crippen LogP contribution in [0.25, 0.3) is 0 Å². The van der Waals surface area contributed by atoms with Crippen molar-refractivity contribution in [1.82, 2.24) is 14.9 Å². The summed E-state index contributed by atoms with van der Waals surface area (Å²) >= 11 is 0. The third-order valence-electron chi connectivity index (χ3n) is 6.71. The fourth-order valence-corrected chi connectivity index (χ4v) is 5.51. The van der Waals surface area contributed by atoms with Crippen LogP contribution in [-0.4, -0.2) is 16.1 Å². The van der Waals surface area contributed by atoms with Gasteiger partial charge in [-0.15, -0.1) is 0 Å². The summed E-state index contributed by atoms with van der Waals surface area (Å²) in [6.07, 6.45) is 9.93. The number of nitrogens with one attached hydrogen (secondary N) is 1. The molecule has 4 aliphatic rings. The minimum Gasteiger partial charge on any atom is -0.328 e. The second-order valence-electron chi connectivity index (χ2n) is 8.01. The van der Waals surface area contributed by atoms with Crippen molar-refractivity contribution >= 4 is 0 Å². The molecule has 1 aliphatic heterocycles. The van der Waals surface area contributed by atoms with Gasteiger partial charge < -0.3 is 9.88 Å². The maximum Gasteiger partial charge on any atom is 0.112 e. The molecule has 3 saturated carbocycles. The molecule has 0 radical (unpaired) electrons. The van der Waals surface area contributed by atoms with Crippen LogP contribution < -0.4 is 5.32 Å². The SMILES string of the molecule is CC(C1CC2CCC1C2)n1c(C2CC2)nc2c1CCNC2. The van der Waals surface area contributed by atoms with E-state index >= 15 is 0 Å². The predicted octanol–water partition coefficient (Wildman–Crippen LogP) is 3.40. The van der Waals surface area contributed by atoms with E-state index < -0.39 is 0 Å². The molecule has 3 fully saturated rings. The summed E-state index contributed by atoms with van der Waals surface area (Å²) in [6, 6.07) is 0.685. The van der Waals surface area contributed by atoms with E-state index in [9.17, 15) is 0 Å². The number of nitrogens with zero attached hydrogens (tertiary/aromatic N) is 2. The summed E-state index contributed by atoms with van der Waals surface area (Å²) in [6.45, 7) is 4.62. The van der Waals surface area contributed by atoms with Crippen molar-refractivity contribution in [2.45, 2.75) is 70.4 Å². The molecule has 0 saturated heterocycles. The second kappa shape index (κ2) is 4.58. The molecule has 3 heteroatoms. The first kappa shape index (κ1) is 12.7. The minimum absolute atomic E-state index is 0.685. The van der Waals surface area contributed by atoms with Gasteiger partial charge in [-0.2, -0.15) is 0 Å². The zero-order chi connectivity index (χ0) is 14.0.